The molecule has 1 aromatic carbocycles. The summed E-state index contributed by atoms with van der Waals surface area (Å²) in [6.45, 7) is 0. The Morgan fingerprint density at radius 1 is 1.43 bits per heavy atom. The molecule has 0 radical (unpaired) electrons. The third-order valence-corrected chi connectivity index (χ3v) is 3.53. The van der Waals surface area contributed by atoms with Gasteiger partial charge in [0.25, 0.3) is 0 Å². The molecule has 7 nitrogen and oxygen atoms in total. The van der Waals surface area contributed by atoms with Gasteiger partial charge in [-0.25, -0.2) is 4.79 Å². The number of rotatable bonds is 5. The van der Waals surface area contributed by atoms with Crippen LogP contribution in [-0.4, -0.2) is 28.4 Å². The fraction of sp³-hybridized carbons (Fsp3) is 0.357. The molecule has 0 bridgehead atoms. The summed E-state index contributed by atoms with van der Waals surface area (Å²) in [4.78, 5) is 35.1. The zero-order valence-corrected chi connectivity index (χ0v) is 12.0. The first-order chi connectivity index (χ1) is 10.0. The molecule has 112 valence electrons. The number of nitrogen functional groups attached to an aromatic ring is 1. The van der Waals surface area contributed by atoms with Crippen molar-refractivity contribution >= 4 is 28.9 Å². The molecule has 0 fully saturated rings. The number of hydrogen-bond donors (Lipinski definition) is 2. The van der Waals surface area contributed by atoms with Gasteiger partial charge in [0.15, 0.2) is 0 Å². The van der Waals surface area contributed by atoms with E-state index in [0.717, 1.165) is 6.29 Å². The average Bonchev–Trinajstić information content (AvgIpc) is 2.72. The zero-order chi connectivity index (χ0) is 15.6. The van der Waals surface area contributed by atoms with Crippen LogP contribution in [0.15, 0.2) is 23.0 Å². The van der Waals surface area contributed by atoms with Crippen LogP contribution in [0.1, 0.15) is 18.9 Å². The largest absolute Gasteiger partial charge is 0.399 e. The highest BCUT2D eigenvalue weighted by Gasteiger charge is 2.24. The molecule has 21 heavy (non-hydrogen) atoms. The Labute approximate surface area is 121 Å². The molecule has 1 unspecified atom stereocenters. The maximum atomic E-state index is 12.4. The average molecular weight is 290 g/mol. The van der Waals surface area contributed by atoms with Crippen molar-refractivity contribution in [1.82, 2.24) is 14.5 Å². The Bertz CT molecular complexity index is 744. The Kier molecular flexibility index (Phi) is 4.11. The number of aromatic nitrogens is 2. The van der Waals surface area contributed by atoms with Crippen molar-refractivity contribution < 1.29 is 9.59 Å². The second kappa shape index (κ2) is 5.82. The highest BCUT2D eigenvalue weighted by atomic mass is 16.2. The molecule has 1 atom stereocenters. The van der Waals surface area contributed by atoms with Crippen LogP contribution >= 0.6 is 0 Å². The van der Waals surface area contributed by atoms with Crippen molar-refractivity contribution in [2.24, 2.45) is 7.05 Å². The molecule has 0 saturated heterocycles. The minimum absolute atomic E-state index is 0.204. The van der Waals surface area contributed by atoms with Crippen LogP contribution in [0.25, 0.3) is 11.0 Å². The number of carbonyl (C=O) groups excluding carboxylic acids is 2. The van der Waals surface area contributed by atoms with Gasteiger partial charge in [-0.05, 0) is 24.6 Å². The van der Waals surface area contributed by atoms with Crippen LogP contribution in [0.5, 0.6) is 0 Å². The summed E-state index contributed by atoms with van der Waals surface area (Å²) in [5.74, 6) is -0.303. The number of fused-ring (bicyclic) bond motifs is 1. The first-order valence-electron chi connectivity index (χ1n) is 6.63. The van der Waals surface area contributed by atoms with Crippen molar-refractivity contribution in [3.05, 3.63) is 28.7 Å². The lowest BCUT2D eigenvalue weighted by atomic mass is 10.1. The third kappa shape index (κ3) is 2.54. The fourth-order valence-electron chi connectivity index (χ4n) is 2.45. The number of nitrogens with zero attached hydrogens (tertiary/aromatic N) is 2. The van der Waals surface area contributed by atoms with Crippen LogP contribution in [0, 0.1) is 0 Å². The summed E-state index contributed by atoms with van der Waals surface area (Å²) in [7, 11) is 3.13. The van der Waals surface area contributed by atoms with E-state index >= 15 is 0 Å². The molecular weight excluding hydrogens is 272 g/mol. The van der Waals surface area contributed by atoms with Gasteiger partial charge in [0.05, 0.1) is 11.0 Å². The van der Waals surface area contributed by atoms with E-state index in [-0.39, 0.29) is 24.4 Å². The molecule has 2 aromatic rings. The van der Waals surface area contributed by atoms with Gasteiger partial charge in [-0.15, -0.1) is 0 Å². The number of aldehydes is 1. The number of anilines is 1. The second-order valence-electron chi connectivity index (χ2n) is 4.83. The summed E-state index contributed by atoms with van der Waals surface area (Å²) in [6, 6.07) is 4.36. The van der Waals surface area contributed by atoms with Crippen molar-refractivity contribution in [1.29, 1.82) is 0 Å². The van der Waals surface area contributed by atoms with Crippen LogP contribution < -0.4 is 16.7 Å². The standard InChI is InChI=1S/C14H18N4O3/c1-16-13(20)11(4-3-7-19)18-10-6-5-9(15)8-12(10)17(2)14(18)21/h5-8,11H,3-4,15H2,1-2H3,(H,16,20). The van der Waals surface area contributed by atoms with Gasteiger partial charge in [-0.1, -0.05) is 0 Å². The van der Waals surface area contributed by atoms with Gasteiger partial charge in [-0.2, -0.15) is 0 Å². The van der Waals surface area contributed by atoms with E-state index in [1.165, 1.54) is 16.2 Å². The molecule has 3 N–H and O–H groups in total. The fourth-order valence-corrected chi connectivity index (χ4v) is 2.45. The minimum atomic E-state index is -0.722. The highest BCUT2D eigenvalue weighted by Crippen LogP contribution is 2.22. The molecular formula is C14H18N4O3. The summed E-state index contributed by atoms with van der Waals surface area (Å²) in [5.41, 5.74) is 7.25. The molecule has 1 aromatic heterocycles. The van der Waals surface area contributed by atoms with Crippen LogP contribution in [0.4, 0.5) is 5.69 Å². The summed E-state index contributed by atoms with van der Waals surface area (Å²) >= 11 is 0. The lowest BCUT2D eigenvalue weighted by Crippen LogP contribution is -2.36. The quantitative estimate of drug-likeness (QED) is 0.606. The van der Waals surface area contributed by atoms with Gasteiger partial charge in [-0.3, -0.25) is 13.9 Å². The van der Waals surface area contributed by atoms with Crippen molar-refractivity contribution in [2.45, 2.75) is 18.9 Å². The van der Waals surface area contributed by atoms with Crippen LogP contribution in [0.2, 0.25) is 0 Å². The maximum absolute atomic E-state index is 12.4. The van der Waals surface area contributed by atoms with Crippen LogP contribution in [0.3, 0.4) is 0 Å². The molecule has 1 amide bonds. The molecule has 0 saturated carbocycles. The van der Waals surface area contributed by atoms with E-state index < -0.39 is 6.04 Å². The number of carbonyl (C=O) groups is 2. The predicted octanol–water partition coefficient (Wildman–Crippen LogP) is 0.188. The maximum Gasteiger partial charge on any atom is 0.329 e. The topological polar surface area (TPSA) is 99.1 Å². The van der Waals surface area contributed by atoms with E-state index in [0.29, 0.717) is 16.7 Å². The van der Waals surface area contributed by atoms with E-state index in [2.05, 4.69) is 5.32 Å². The molecule has 7 heteroatoms. The van der Waals surface area contributed by atoms with Crippen molar-refractivity contribution in [3.63, 3.8) is 0 Å². The van der Waals surface area contributed by atoms with Gasteiger partial charge in [0, 0.05) is 26.2 Å². The molecule has 0 aliphatic rings. The van der Waals surface area contributed by atoms with Gasteiger partial charge >= 0.3 is 5.69 Å². The van der Waals surface area contributed by atoms with Gasteiger partial charge in [0.2, 0.25) is 5.91 Å². The Morgan fingerprint density at radius 3 is 2.76 bits per heavy atom. The SMILES string of the molecule is CNC(=O)C(CCC=O)n1c(=O)n(C)c2cc(N)ccc21. The molecule has 2 rings (SSSR count). The number of benzene rings is 1. The number of nitrogens with two attached hydrogens (primary N) is 1. The van der Waals surface area contributed by atoms with E-state index in [1.54, 1.807) is 25.2 Å². The number of nitrogens with one attached hydrogen (secondary N) is 1. The number of aryl methyl sites for hydroxylation is 1. The number of hydrogen-bond acceptors (Lipinski definition) is 4. The van der Waals surface area contributed by atoms with Crippen LogP contribution in [-0.2, 0) is 16.6 Å². The second-order valence-corrected chi connectivity index (χ2v) is 4.83. The number of imidazole rings is 1. The van der Waals surface area contributed by atoms with E-state index in [1.807, 2.05) is 0 Å². The predicted molar refractivity (Wildman–Crippen MR) is 80.0 cm³/mol. The molecule has 0 aliphatic heterocycles. The molecule has 0 aliphatic carbocycles. The first kappa shape index (κ1) is 14.8. The molecule has 1 heterocycles. The minimum Gasteiger partial charge on any atom is -0.399 e. The van der Waals surface area contributed by atoms with Gasteiger partial charge < -0.3 is 15.8 Å². The lowest BCUT2D eigenvalue weighted by Gasteiger charge is -2.16. The Hall–Kier alpha value is -2.57. The van der Waals surface area contributed by atoms with Crippen molar-refractivity contribution in [3.8, 4) is 0 Å². The number of amides is 1. The smallest absolute Gasteiger partial charge is 0.329 e. The Morgan fingerprint density at radius 2 is 2.14 bits per heavy atom. The zero-order valence-electron chi connectivity index (χ0n) is 12.0. The number of likely N-dealkylation sites (N-methyl/N-ethyl adjacent to an activating group) is 1. The lowest BCUT2D eigenvalue weighted by molar-refractivity contribution is -0.124. The monoisotopic (exact) mass is 290 g/mol. The Balaban J connectivity index is 2.67. The summed E-state index contributed by atoms with van der Waals surface area (Å²) in [5, 5.41) is 2.54. The van der Waals surface area contributed by atoms with E-state index in [4.69, 9.17) is 5.73 Å². The van der Waals surface area contributed by atoms with Crippen molar-refractivity contribution in [2.75, 3.05) is 12.8 Å². The summed E-state index contributed by atoms with van der Waals surface area (Å²) in [6.07, 6.45) is 1.21. The highest BCUT2D eigenvalue weighted by molar-refractivity contribution is 5.85. The summed E-state index contributed by atoms with van der Waals surface area (Å²) < 4.78 is 2.86. The van der Waals surface area contributed by atoms with Gasteiger partial charge in [0.1, 0.15) is 12.3 Å². The molecule has 0 spiro atoms. The first-order valence-corrected chi connectivity index (χ1v) is 6.63. The van der Waals surface area contributed by atoms with E-state index in [9.17, 15) is 14.4 Å². The third-order valence-electron chi connectivity index (χ3n) is 3.53. The normalized spacial score (nSPS) is 12.3.